The molecule has 0 spiro atoms. The highest BCUT2D eigenvalue weighted by molar-refractivity contribution is 6.31. The molecular formula is C14H24Cl2N2. The van der Waals surface area contributed by atoms with Crippen LogP contribution in [0.2, 0.25) is 5.02 Å². The number of nitrogens with zero attached hydrogens (tertiary/aromatic N) is 1. The monoisotopic (exact) mass is 290 g/mol. The van der Waals surface area contributed by atoms with Crippen LogP contribution >= 0.6 is 24.0 Å². The van der Waals surface area contributed by atoms with Gasteiger partial charge in [-0.15, -0.1) is 12.4 Å². The maximum atomic E-state index is 6.12. The molecule has 2 nitrogen and oxygen atoms in total. The summed E-state index contributed by atoms with van der Waals surface area (Å²) in [5.74, 6) is 0. The van der Waals surface area contributed by atoms with Gasteiger partial charge in [-0.2, -0.15) is 0 Å². The summed E-state index contributed by atoms with van der Waals surface area (Å²) in [5.41, 5.74) is 8.27. The minimum atomic E-state index is 0. The van der Waals surface area contributed by atoms with Crippen molar-refractivity contribution in [3.05, 3.63) is 34.3 Å². The average molecular weight is 291 g/mol. The molecule has 0 aliphatic rings. The topological polar surface area (TPSA) is 29.3 Å². The normalized spacial score (nSPS) is 11.5. The fourth-order valence-corrected chi connectivity index (χ4v) is 2.10. The molecule has 4 heteroatoms. The minimum absolute atomic E-state index is 0. The minimum Gasteiger partial charge on any atom is -0.330 e. The van der Waals surface area contributed by atoms with E-state index in [1.807, 2.05) is 13.0 Å². The molecule has 18 heavy (non-hydrogen) atoms. The Bertz CT molecular complexity index is 378. The number of nitrogens with two attached hydrogens (primary N) is 1. The lowest BCUT2D eigenvalue weighted by molar-refractivity contribution is 0.210. The Hall–Kier alpha value is -0.280. The van der Waals surface area contributed by atoms with Crippen molar-refractivity contribution in [1.82, 2.24) is 4.90 Å². The van der Waals surface area contributed by atoms with Crippen LogP contribution in [0.25, 0.3) is 0 Å². The predicted molar refractivity (Wildman–Crippen MR) is 82.6 cm³/mol. The zero-order valence-corrected chi connectivity index (χ0v) is 13.2. The van der Waals surface area contributed by atoms with Gasteiger partial charge in [0.15, 0.2) is 0 Å². The molecule has 0 fully saturated rings. The Balaban J connectivity index is 0.00000289. The van der Waals surface area contributed by atoms with E-state index in [4.69, 9.17) is 17.3 Å². The number of benzene rings is 1. The second-order valence-electron chi connectivity index (χ2n) is 5.62. The fraction of sp³-hybridized carbons (Fsp3) is 0.571. The van der Waals surface area contributed by atoms with E-state index in [-0.39, 0.29) is 17.8 Å². The first-order valence-electron chi connectivity index (χ1n) is 5.98. The molecule has 0 aliphatic carbocycles. The third-order valence-electron chi connectivity index (χ3n) is 2.94. The lowest BCUT2D eigenvalue weighted by atomic mass is 9.93. The van der Waals surface area contributed by atoms with Crippen molar-refractivity contribution in [1.29, 1.82) is 0 Å². The summed E-state index contributed by atoms with van der Waals surface area (Å²) in [6.45, 7) is 8.98. The third kappa shape index (κ3) is 5.57. The largest absolute Gasteiger partial charge is 0.330 e. The van der Waals surface area contributed by atoms with E-state index in [1.165, 1.54) is 5.56 Å². The fourth-order valence-electron chi connectivity index (χ4n) is 1.90. The molecular weight excluding hydrogens is 267 g/mol. The number of rotatable bonds is 5. The van der Waals surface area contributed by atoms with Gasteiger partial charge in [0.05, 0.1) is 0 Å². The average Bonchev–Trinajstić information content (AvgIpc) is 2.23. The molecule has 0 heterocycles. The summed E-state index contributed by atoms with van der Waals surface area (Å²) >= 11 is 6.12. The molecule has 0 amide bonds. The Morgan fingerprint density at radius 2 is 1.94 bits per heavy atom. The van der Waals surface area contributed by atoms with Crippen molar-refractivity contribution in [2.45, 2.75) is 27.3 Å². The highest BCUT2D eigenvalue weighted by Gasteiger charge is 2.18. The second kappa shape index (κ2) is 7.34. The maximum absolute atomic E-state index is 6.12. The summed E-state index contributed by atoms with van der Waals surface area (Å²) in [7, 11) is 2.12. The molecule has 0 unspecified atom stereocenters. The summed E-state index contributed by atoms with van der Waals surface area (Å²) < 4.78 is 0. The van der Waals surface area contributed by atoms with Gasteiger partial charge < -0.3 is 10.6 Å². The van der Waals surface area contributed by atoms with Crippen molar-refractivity contribution in [2.75, 3.05) is 20.1 Å². The van der Waals surface area contributed by atoms with Gasteiger partial charge in [0.2, 0.25) is 0 Å². The van der Waals surface area contributed by atoms with Crippen LogP contribution in [0.15, 0.2) is 18.2 Å². The molecule has 0 bridgehead atoms. The lowest BCUT2D eigenvalue weighted by Crippen LogP contribution is -2.36. The molecule has 2 N–H and O–H groups in total. The van der Waals surface area contributed by atoms with Crippen molar-refractivity contribution in [3.8, 4) is 0 Å². The summed E-state index contributed by atoms with van der Waals surface area (Å²) in [6, 6.07) is 6.25. The van der Waals surface area contributed by atoms with E-state index >= 15 is 0 Å². The van der Waals surface area contributed by atoms with Crippen LogP contribution in [0, 0.1) is 12.3 Å². The molecule has 104 valence electrons. The molecule has 0 saturated carbocycles. The van der Waals surface area contributed by atoms with E-state index < -0.39 is 0 Å². The quantitative estimate of drug-likeness (QED) is 0.900. The van der Waals surface area contributed by atoms with Crippen LogP contribution in [0.3, 0.4) is 0 Å². The molecule has 0 radical (unpaired) electrons. The Kier molecular flexibility index (Phi) is 7.23. The highest BCUT2D eigenvalue weighted by atomic mass is 35.5. The van der Waals surface area contributed by atoms with Crippen LogP contribution in [0.1, 0.15) is 25.0 Å². The smallest absolute Gasteiger partial charge is 0.0438 e. The molecule has 0 atom stereocenters. The van der Waals surface area contributed by atoms with Gasteiger partial charge >= 0.3 is 0 Å². The summed E-state index contributed by atoms with van der Waals surface area (Å²) in [6.07, 6.45) is 0. The number of aryl methyl sites for hydroxylation is 1. The van der Waals surface area contributed by atoms with Gasteiger partial charge in [0.25, 0.3) is 0 Å². The molecule has 0 aliphatic heterocycles. The summed E-state index contributed by atoms with van der Waals surface area (Å²) in [5, 5.41) is 0.842. The van der Waals surface area contributed by atoms with E-state index in [0.29, 0.717) is 6.54 Å². The molecule has 0 saturated heterocycles. The van der Waals surface area contributed by atoms with Crippen LogP contribution in [-0.4, -0.2) is 25.0 Å². The van der Waals surface area contributed by atoms with E-state index in [2.05, 4.69) is 37.9 Å². The zero-order valence-electron chi connectivity index (χ0n) is 11.7. The first kappa shape index (κ1) is 17.7. The van der Waals surface area contributed by atoms with E-state index in [9.17, 15) is 0 Å². The number of hydrogen-bond donors (Lipinski definition) is 1. The molecule has 0 aromatic heterocycles. The van der Waals surface area contributed by atoms with Crippen molar-refractivity contribution in [2.24, 2.45) is 11.1 Å². The van der Waals surface area contributed by atoms with E-state index in [1.54, 1.807) is 0 Å². The van der Waals surface area contributed by atoms with Gasteiger partial charge in [-0.25, -0.2) is 0 Å². The van der Waals surface area contributed by atoms with Crippen LogP contribution in [0.5, 0.6) is 0 Å². The van der Waals surface area contributed by atoms with Crippen LogP contribution < -0.4 is 5.73 Å². The molecule has 1 aromatic rings. The molecule has 1 rings (SSSR count). The van der Waals surface area contributed by atoms with Gasteiger partial charge in [-0.05, 0) is 43.1 Å². The van der Waals surface area contributed by atoms with Crippen molar-refractivity contribution in [3.63, 3.8) is 0 Å². The van der Waals surface area contributed by atoms with Crippen molar-refractivity contribution >= 4 is 24.0 Å². The molecule has 1 aromatic carbocycles. The predicted octanol–water partition coefficient (Wildman–Crippen LogP) is 3.49. The van der Waals surface area contributed by atoms with Gasteiger partial charge in [0.1, 0.15) is 0 Å². The van der Waals surface area contributed by atoms with Gasteiger partial charge in [-0.1, -0.05) is 37.6 Å². The first-order chi connectivity index (χ1) is 7.84. The van der Waals surface area contributed by atoms with E-state index in [0.717, 1.165) is 23.7 Å². The maximum Gasteiger partial charge on any atom is 0.0438 e. The highest BCUT2D eigenvalue weighted by Crippen LogP contribution is 2.19. The summed E-state index contributed by atoms with van der Waals surface area (Å²) in [4.78, 5) is 2.29. The SMILES string of the molecule is Cc1ccc(CN(C)CC(C)(C)CN)cc1Cl.Cl. The van der Waals surface area contributed by atoms with Gasteiger partial charge in [0, 0.05) is 18.1 Å². The third-order valence-corrected chi connectivity index (χ3v) is 3.35. The Morgan fingerprint density at radius 1 is 1.33 bits per heavy atom. The zero-order chi connectivity index (χ0) is 13.1. The van der Waals surface area contributed by atoms with Crippen molar-refractivity contribution < 1.29 is 0 Å². The first-order valence-corrected chi connectivity index (χ1v) is 6.35. The van der Waals surface area contributed by atoms with Crippen LogP contribution in [0.4, 0.5) is 0 Å². The number of halogens is 2. The second-order valence-corrected chi connectivity index (χ2v) is 6.03. The lowest BCUT2D eigenvalue weighted by Gasteiger charge is -2.29. The number of hydrogen-bond acceptors (Lipinski definition) is 2. The standard InChI is InChI=1S/C14H23ClN2.ClH/c1-11-5-6-12(7-13(11)15)8-17(4)10-14(2,3)9-16;/h5-7H,8-10,16H2,1-4H3;1H. The Morgan fingerprint density at radius 3 is 2.44 bits per heavy atom. The Labute approximate surface area is 122 Å². The van der Waals surface area contributed by atoms with Gasteiger partial charge in [-0.3, -0.25) is 0 Å². The van der Waals surface area contributed by atoms with Crippen LogP contribution in [-0.2, 0) is 6.54 Å².